The Kier molecular flexibility index (Phi) is 6.71. The van der Waals surface area contributed by atoms with Crippen molar-refractivity contribution >= 4 is 43.1 Å². The van der Waals surface area contributed by atoms with Crippen LogP contribution < -0.4 is 4.74 Å². The molecule has 0 atom stereocenters. The van der Waals surface area contributed by atoms with Crippen molar-refractivity contribution in [2.45, 2.75) is 18.4 Å². The Labute approximate surface area is 181 Å². The predicted octanol–water partition coefficient (Wildman–Crippen LogP) is 4.73. The first-order valence-electron chi connectivity index (χ1n) is 8.63. The zero-order chi connectivity index (χ0) is 21.0. The van der Waals surface area contributed by atoms with Gasteiger partial charge in [-0.2, -0.15) is 0 Å². The molecule has 0 fully saturated rings. The van der Waals surface area contributed by atoms with Gasteiger partial charge in [0.05, 0.1) is 34.6 Å². The van der Waals surface area contributed by atoms with E-state index >= 15 is 0 Å². The quantitative estimate of drug-likeness (QED) is 0.440. The van der Waals surface area contributed by atoms with Crippen LogP contribution in [-0.4, -0.2) is 32.2 Å². The minimum atomic E-state index is -3.53. The maximum atomic E-state index is 12.5. The molecule has 0 amide bonds. The number of esters is 1. The molecule has 0 N–H and O–H groups in total. The number of thiazole rings is 1. The summed E-state index contributed by atoms with van der Waals surface area (Å²) >= 11 is 4.84. The van der Waals surface area contributed by atoms with E-state index in [0.29, 0.717) is 11.4 Å². The highest BCUT2D eigenvalue weighted by atomic mass is 79.9. The number of nitrogens with zero attached hydrogens (tertiary/aromatic N) is 1. The Balaban J connectivity index is 1.78. The van der Waals surface area contributed by atoms with Gasteiger partial charge in [-0.15, -0.1) is 11.3 Å². The molecule has 0 bridgehead atoms. The Morgan fingerprint density at radius 1 is 1.21 bits per heavy atom. The summed E-state index contributed by atoms with van der Waals surface area (Å²) in [5, 5.41) is 2.51. The topological polar surface area (TPSA) is 82.6 Å². The molecular formula is C20H18BrNO5S2. The van der Waals surface area contributed by atoms with Crippen molar-refractivity contribution in [2.75, 3.05) is 12.9 Å². The molecule has 9 heteroatoms. The molecule has 0 radical (unpaired) electrons. The molecule has 1 heterocycles. The second kappa shape index (κ2) is 9.06. The number of sulfone groups is 1. The lowest BCUT2D eigenvalue weighted by molar-refractivity contribution is 0.0464. The monoisotopic (exact) mass is 495 g/mol. The average molecular weight is 496 g/mol. The second-order valence-corrected chi connectivity index (χ2v) is 9.98. The van der Waals surface area contributed by atoms with Crippen molar-refractivity contribution in [1.29, 1.82) is 0 Å². The van der Waals surface area contributed by atoms with Gasteiger partial charge in [0.1, 0.15) is 17.4 Å². The molecule has 0 spiro atoms. The third kappa shape index (κ3) is 4.85. The fourth-order valence-electron chi connectivity index (χ4n) is 2.62. The third-order valence-electron chi connectivity index (χ3n) is 4.12. The number of carbonyl (C=O) groups is 1. The van der Waals surface area contributed by atoms with Crippen LogP contribution in [0.1, 0.15) is 23.0 Å². The van der Waals surface area contributed by atoms with E-state index in [4.69, 9.17) is 9.47 Å². The third-order valence-corrected chi connectivity index (χ3v) is 7.32. The smallest absolute Gasteiger partial charge is 0.339 e. The summed E-state index contributed by atoms with van der Waals surface area (Å²) in [4.78, 5) is 17.0. The number of methoxy groups -OCH3 is 1. The first-order valence-corrected chi connectivity index (χ1v) is 12.0. The van der Waals surface area contributed by atoms with Crippen LogP contribution in [0.2, 0.25) is 0 Å². The summed E-state index contributed by atoms with van der Waals surface area (Å²) in [6, 6.07) is 11.7. The SMILES string of the molecule is CCS(=O)(=O)c1ccccc1C(=O)OCc1csc(-c2cc(Br)ccc2OC)n1. The summed E-state index contributed by atoms with van der Waals surface area (Å²) < 4.78 is 36.0. The number of ether oxygens (including phenoxy) is 2. The van der Waals surface area contributed by atoms with Gasteiger partial charge in [-0.1, -0.05) is 35.0 Å². The molecule has 2 aromatic carbocycles. The summed E-state index contributed by atoms with van der Waals surface area (Å²) in [5.74, 6) is -0.113. The maximum absolute atomic E-state index is 12.5. The molecule has 0 saturated heterocycles. The Morgan fingerprint density at radius 3 is 2.69 bits per heavy atom. The molecule has 6 nitrogen and oxygen atoms in total. The van der Waals surface area contributed by atoms with E-state index in [1.807, 2.05) is 18.2 Å². The molecule has 1 aromatic heterocycles. The van der Waals surface area contributed by atoms with Crippen molar-refractivity contribution in [3.63, 3.8) is 0 Å². The minimum Gasteiger partial charge on any atom is -0.496 e. The number of aromatic nitrogens is 1. The van der Waals surface area contributed by atoms with Gasteiger partial charge in [-0.25, -0.2) is 18.2 Å². The van der Waals surface area contributed by atoms with E-state index in [9.17, 15) is 13.2 Å². The van der Waals surface area contributed by atoms with Crippen molar-refractivity contribution in [3.05, 3.63) is 63.6 Å². The molecule has 0 aliphatic carbocycles. The lowest BCUT2D eigenvalue weighted by Gasteiger charge is -2.09. The van der Waals surface area contributed by atoms with Crippen LogP contribution in [0.5, 0.6) is 5.75 Å². The summed E-state index contributed by atoms with van der Waals surface area (Å²) in [6.45, 7) is 1.47. The van der Waals surface area contributed by atoms with Gasteiger partial charge < -0.3 is 9.47 Å². The number of halogens is 1. The molecule has 3 aromatic rings. The van der Waals surface area contributed by atoms with Crippen LogP contribution in [0.4, 0.5) is 0 Å². The lowest BCUT2D eigenvalue weighted by Crippen LogP contribution is -2.13. The normalized spacial score (nSPS) is 11.3. The summed E-state index contributed by atoms with van der Waals surface area (Å²) in [6.07, 6.45) is 0. The highest BCUT2D eigenvalue weighted by molar-refractivity contribution is 9.10. The minimum absolute atomic E-state index is 0.0228. The fraction of sp³-hybridized carbons (Fsp3) is 0.200. The van der Waals surface area contributed by atoms with Crippen molar-refractivity contribution < 1.29 is 22.7 Å². The van der Waals surface area contributed by atoms with E-state index < -0.39 is 15.8 Å². The van der Waals surface area contributed by atoms with Gasteiger partial charge in [0.15, 0.2) is 9.84 Å². The first-order chi connectivity index (χ1) is 13.9. The lowest BCUT2D eigenvalue weighted by atomic mass is 10.2. The number of rotatable bonds is 7. The summed E-state index contributed by atoms with van der Waals surface area (Å²) in [5.41, 5.74) is 1.42. The van der Waals surface area contributed by atoms with Crippen molar-refractivity contribution in [2.24, 2.45) is 0 Å². The van der Waals surface area contributed by atoms with Crippen LogP contribution in [-0.2, 0) is 21.2 Å². The molecule has 3 rings (SSSR count). The predicted molar refractivity (Wildman–Crippen MR) is 115 cm³/mol. The highest BCUT2D eigenvalue weighted by Gasteiger charge is 2.22. The zero-order valence-corrected chi connectivity index (χ0v) is 18.9. The number of benzene rings is 2. The van der Waals surface area contributed by atoms with Gasteiger partial charge in [0.2, 0.25) is 0 Å². The van der Waals surface area contributed by atoms with Crippen LogP contribution in [0.3, 0.4) is 0 Å². The Hall–Kier alpha value is -2.23. The van der Waals surface area contributed by atoms with Crippen LogP contribution in [0.25, 0.3) is 10.6 Å². The number of hydrogen-bond donors (Lipinski definition) is 0. The van der Waals surface area contributed by atoms with Crippen LogP contribution in [0.15, 0.2) is 57.2 Å². The molecule has 0 aliphatic rings. The molecule has 0 unspecified atom stereocenters. The van der Waals surface area contributed by atoms with Gasteiger partial charge in [0.25, 0.3) is 0 Å². The average Bonchev–Trinajstić information content (AvgIpc) is 3.21. The Morgan fingerprint density at radius 2 is 1.97 bits per heavy atom. The molecule has 0 saturated carbocycles. The molecule has 152 valence electrons. The fourth-order valence-corrected chi connectivity index (χ4v) is 4.89. The Bertz CT molecular complexity index is 1140. The van der Waals surface area contributed by atoms with E-state index in [-0.39, 0.29) is 22.8 Å². The highest BCUT2D eigenvalue weighted by Crippen LogP contribution is 2.34. The van der Waals surface area contributed by atoms with E-state index in [1.165, 1.54) is 30.4 Å². The molecule has 0 aliphatic heterocycles. The van der Waals surface area contributed by atoms with Gasteiger partial charge in [-0.3, -0.25) is 0 Å². The van der Waals surface area contributed by atoms with Crippen molar-refractivity contribution in [1.82, 2.24) is 4.98 Å². The first kappa shape index (κ1) is 21.5. The van der Waals surface area contributed by atoms with E-state index in [0.717, 1.165) is 15.0 Å². The van der Waals surface area contributed by atoms with Gasteiger partial charge in [-0.05, 0) is 30.3 Å². The largest absolute Gasteiger partial charge is 0.496 e. The number of hydrogen-bond acceptors (Lipinski definition) is 7. The van der Waals surface area contributed by atoms with Crippen LogP contribution >= 0.6 is 27.3 Å². The molecule has 29 heavy (non-hydrogen) atoms. The number of carbonyl (C=O) groups excluding carboxylic acids is 1. The second-order valence-electron chi connectivity index (χ2n) is 5.96. The van der Waals surface area contributed by atoms with Gasteiger partial charge in [0, 0.05) is 9.85 Å². The van der Waals surface area contributed by atoms with Crippen LogP contribution in [0, 0.1) is 0 Å². The van der Waals surface area contributed by atoms with Gasteiger partial charge >= 0.3 is 5.97 Å². The summed E-state index contributed by atoms with van der Waals surface area (Å²) in [7, 11) is -1.95. The standard InChI is InChI=1S/C20H18BrNO5S2/c1-3-29(24,25)18-7-5-4-6-15(18)20(23)27-11-14-12-28-19(22-14)16-10-13(21)8-9-17(16)26-2/h4-10,12H,3,11H2,1-2H3. The van der Waals surface area contributed by atoms with E-state index in [1.54, 1.807) is 24.6 Å². The van der Waals surface area contributed by atoms with Crippen molar-refractivity contribution in [3.8, 4) is 16.3 Å². The maximum Gasteiger partial charge on any atom is 0.339 e. The van der Waals surface area contributed by atoms with E-state index in [2.05, 4.69) is 20.9 Å². The molecular weight excluding hydrogens is 478 g/mol. The zero-order valence-electron chi connectivity index (χ0n) is 15.7.